The van der Waals surface area contributed by atoms with E-state index in [-0.39, 0.29) is 47.1 Å². The third-order valence-corrected chi connectivity index (χ3v) is 7.89. The summed E-state index contributed by atoms with van der Waals surface area (Å²) in [6, 6.07) is 28.4. The van der Waals surface area contributed by atoms with Gasteiger partial charge < -0.3 is 20.2 Å². The molecule has 0 spiro atoms. The van der Waals surface area contributed by atoms with Crippen LogP contribution >= 0.6 is 0 Å². The highest BCUT2D eigenvalue weighted by Crippen LogP contribution is 2.21. The highest BCUT2D eigenvalue weighted by molar-refractivity contribution is 6.01. The van der Waals surface area contributed by atoms with Crippen LogP contribution in [0.4, 0.5) is 10.5 Å². The van der Waals surface area contributed by atoms with E-state index in [4.69, 9.17) is 14.9 Å². The number of primary amides is 1. The summed E-state index contributed by atoms with van der Waals surface area (Å²) in [6.07, 6.45) is 0.395. The Balaban J connectivity index is 1.28. The number of hydrogen-bond acceptors (Lipinski definition) is 9. The van der Waals surface area contributed by atoms with Gasteiger partial charge in [0.2, 0.25) is 17.6 Å². The van der Waals surface area contributed by atoms with Crippen LogP contribution in [0.25, 0.3) is 22.5 Å². The molecule has 4 aromatic carbocycles. The summed E-state index contributed by atoms with van der Waals surface area (Å²) in [5.74, 6) is -2.12. The number of aryl methyl sites for hydroxylation is 1. The lowest BCUT2D eigenvalue weighted by atomic mass is 10.0. The van der Waals surface area contributed by atoms with Crippen LogP contribution in [0.3, 0.4) is 0 Å². The first-order valence-electron chi connectivity index (χ1n) is 15.9. The summed E-state index contributed by atoms with van der Waals surface area (Å²) < 4.78 is 12.1. The van der Waals surface area contributed by atoms with Gasteiger partial charge in [0.15, 0.2) is 5.58 Å². The molecule has 6 aromatic rings. The van der Waals surface area contributed by atoms with Gasteiger partial charge in [0.1, 0.15) is 36.2 Å². The second-order valence-electron chi connectivity index (χ2n) is 11.7. The van der Waals surface area contributed by atoms with Crippen molar-refractivity contribution in [3.63, 3.8) is 0 Å². The lowest BCUT2D eigenvalue weighted by Crippen LogP contribution is -2.45. The molecule has 4 N–H and O–H groups in total. The Bertz CT molecular complexity index is 2300. The van der Waals surface area contributed by atoms with Crippen molar-refractivity contribution in [2.24, 2.45) is 5.73 Å². The molecule has 0 aliphatic heterocycles. The van der Waals surface area contributed by atoms with Crippen molar-refractivity contribution in [2.45, 2.75) is 32.5 Å². The molecule has 256 valence electrons. The summed E-state index contributed by atoms with van der Waals surface area (Å²) in [5.41, 5.74) is 8.07. The number of rotatable bonds is 12. The van der Waals surface area contributed by atoms with Crippen molar-refractivity contribution in [1.82, 2.24) is 19.9 Å². The van der Waals surface area contributed by atoms with Crippen molar-refractivity contribution in [3.8, 4) is 11.4 Å². The summed E-state index contributed by atoms with van der Waals surface area (Å²) in [6.45, 7) is 1.29. The minimum atomic E-state index is -1.16. The average Bonchev–Trinajstić information content (AvgIpc) is 3.56. The monoisotopic (exact) mass is 684 g/mol. The van der Waals surface area contributed by atoms with E-state index in [2.05, 4.69) is 20.6 Å². The van der Waals surface area contributed by atoms with Gasteiger partial charge >= 0.3 is 6.09 Å². The molecule has 0 saturated carbocycles. The third kappa shape index (κ3) is 8.23. The summed E-state index contributed by atoms with van der Waals surface area (Å²) in [5, 5.41) is 5.17. The molecule has 1 atom stereocenters. The van der Waals surface area contributed by atoms with Gasteiger partial charge in [-0.1, -0.05) is 84.4 Å². The van der Waals surface area contributed by atoms with Gasteiger partial charge in [-0.25, -0.2) is 14.8 Å². The van der Waals surface area contributed by atoms with E-state index in [0.717, 1.165) is 21.3 Å². The third-order valence-electron chi connectivity index (χ3n) is 7.89. The number of oxazole rings is 1. The molecule has 2 heterocycles. The minimum Gasteiger partial charge on any atom is -0.444 e. The van der Waals surface area contributed by atoms with E-state index in [1.807, 2.05) is 25.1 Å². The van der Waals surface area contributed by atoms with Crippen molar-refractivity contribution in [3.05, 3.63) is 148 Å². The maximum absolute atomic E-state index is 13.9. The zero-order chi connectivity index (χ0) is 35.9. The maximum atomic E-state index is 13.9. The summed E-state index contributed by atoms with van der Waals surface area (Å²) in [4.78, 5) is 74.5. The lowest BCUT2D eigenvalue weighted by Gasteiger charge is -2.18. The van der Waals surface area contributed by atoms with Gasteiger partial charge in [-0.15, -0.1) is 0 Å². The van der Waals surface area contributed by atoms with Crippen molar-refractivity contribution < 1.29 is 28.3 Å². The largest absolute Gasteiger partial charge is 0.444 e. The molecule has 13 heteroatoms. The fraction of sp³-hybridized carbons (Fsp3) is 0.132. The van der Waals surface area contributed by atoms with E-state index >= 15 is 0 Å². The SMILES string of the molecule is Cc1cccc(-c2ncc(NC(=O)OCc3ccccc3)c(=O)n2CC(=O)NC(Cc2ccccc2)C(=O)c2nc3cc(C(N)=O)ccc3o2)c1. The number of carbonyl (C=O) groups is 4. The number of nitrogens with zero attached hydrogens (tertiary/aromatic N) is 3. The maximum Gasteiger partial charge on any atom is 0.412 e. The van der Waals surface area contributed by atoms with Crippen LogP contribution in [0.5, 0.6) is 0 Å². The Morgan fingerprint density at radius 3 is 2.33 bits per heavy atom. The number of anilines is 1. The predicted molar refractivity (Wildman–Crippen MR) is 188 cm³/mol. The first-order chi connectivity index (χ1) is 24.6. The van der Waals surface area contributed by atoms with Gasteiger partial charge in [0.05, 0.1) is 6.20 Å². The molecular weight excluding hydrogens is 652 g/mol. The number of ketones is 1. The van der Waals surface area contributed by atoms with E-state index < -0.39 is 41.8 Å². The zero-order valence-electron chi connectivity index (χ0n) is 27.4. The number of aromatic nitrogens is 3. The lowest BCUT2D eigenvalue weighted by molar-refractivity contribution is -0.122. The van der Waals surface area contributed by atoms with Crippen molar-refractivity contribution in [1.29, 1.82) is 0 Å². The number of nitrogens with one attached hydrogen (secondary N) is 2. The molecule has 0 aliphatic carbocycles. The molecule has 13 nitrogen and oxygen atoms in total. The summed E-state index contributed by atoms with van der Waals surface area (Å²) >= 11 is 0. The molecule has 0 saturated heterocycles. The molecule has 51 heavy (non-hydrogen) atoms. The number of nitrogens with two attached hydrogens (primary N) is 1. The van der Waals surface area contributed by atoms with Crippen LogP contribution in [-0.4, -0.2) is 44.3 Å². The molecule has 0 bridgehead atoms. The van der Waals surface area contributed by atoms with Crippen LogP contribution in [0.1, 0.15) is 37.7 Å². The fourth-order valence-corrected chi connectivity index (χ4v) is 5.39. The average molecular weight is 685 g/mol. The van der Waals surface area contributed by atoms with E-state index in [0.29, 0.717) is 5.56 Å². The molecule has 6 rings (SSSR count). The van der Waals surface area contributed by atoms with Gasteiger partial charge in [0.25, 0.3) is 11.4 Å². The standard InChI is InChI=1S/C38H32N6O7/c1-23-9-8-14-27(17-23)35-40-20-30(43-38(49)50-22-25-12-6-3-7-13-25)37(48)44(35)21-32(45)41-29(18-24-10-4-2-5-11-24)33(46)36-42-28-19-26(34(39)47)15-16-31(28)51-36/h2-17,19-20,29H,18,21-22H2,1H3,(H2,39,47)(H,41,45)(H,43,49). The van der Waals surface area contributed by atoms with Crippen LogP contribution in [-0.2, 0) is 29.1 Å². The Hall–Kier alpha value is -6.89. The molecule has 1 unspecified atom stereocenters. The second-order valence-corrected chi connectivity index (χ2v) is 11.7. The smallest absolute Gasteiger partial charge is 0.412 e. The number of amides is 3. The first-order valence-corrected chi connectivity index (χ1v) is 15.9. The van der Waals surface area contributed by atoms with Gasteiger partial charge in [-0.3, -0.25) is 29.1 Å². The fourth-order valence-electron chi connectivity index (χ4n) is 5.39. The summed E-state index contributed by atoms with van der Waals surface area (Å²) in [7, 11) is 0. The molecule has 2 aromatic heterocycles. The number of carbonyl (C=O) groups excluding carboxylic acids is 4. The number of hydrogen-bond donors (Lipinski definition) is 3. The van der Waals surface area contributed by atoms with Gasteiger partial charge in [0, 0.05) is 17.5 Å². The predicted octanol–water partition coefficient (Wildman–Crippen LogP) is 4.82. The molecule has 0 fully saturated rings. The normalized spacial score (nSPS) is 11.5. The first kappa shape index (κ1) is 34.0. The van der Waals surface area contributed by atoms with Crippen molar-refractivity contribution >= 4 is 40.5 Å². The number of benzene rings is 4. The van der Waals surface area contributed by atoms with Crippen LogP contribution < -0.4 is 21.9 Å². The Morgan fingerprint density at radius 2 is 1.63 bits per heavy atom. The molecule has 0 radical (unpaired) electrons. The van der Waals surface area contributed by atoms with E-state index in [1.54, 1.807) is 66.7 Å². The van der Waals surface area contributed by atoms with Gasteiger partial charge in [-0.2, -0.15) is 0 Å². The number of ether oxygens (including phenoxy) is 1. The minimum absolute atomic E-state index is 0.0265. The van der Waals surface area contributed by atoms with E-state index in [9.17, 15) is 24.0 Å². The Morgan fingerprint density at radius 1 is 0.902 bits per heavy atom. The quantitative estimate of drug-likeness (QED) is 0.152. The topological polar surface area (TPSA) is 189 Å². The Kier molecular flexibility index (Phi) is 10.1. The van der Waals surface area contributed by atoms with Crippen LogP contribution in [0.2, 0.25) is 0 Å². The Labute approximate surface area is 291 Å². The second kappa shape index (κ2) is 15.1. The zero-order valence-corrected chi connectivity index (χ0v) is 27.4. The number of Topliss-reactive ketones (excluding diaryl/α,β-unsaturated/α-hetero) is 1. The molecule has 3 amide bonds. The highest BCUT2D eigenvalue weighted by atomic mass is 16.5. The van der Waals surface area contributed by atoms with E-state index in [1.165, 1.54) is 24.4 Å². The van der Waals surface area contributed by atoms with Crippen LogP contribution in [0.15, 0.2) is 119 Å². The highest BCUT2D eigenvalue weighted by Gasteiger charge is 2.28. The molecule has 0 aliphatic rings. The van der Waals surface area contributed by atoms with Gasteiger partial charge in [-0.05, 0) is 42.3 Å². The molecular formula is C38H32N6O7. The number of fused-ring (bicyclic) bond motifs is 1. The van der Waals surface area contributed by atoms with Crippen molar-refractivity contribution in [2.75, 3.05) is 5.32 Å². The van der Waals surface area contributed by atoms with Crippen LogP contribution in [0, 0.1) is 6.92 Å².